The summed E-state index contributed by atoms with van der Waals surface area (Å²) in [5.74, 6) is -0.170. The number of nitrogens with zero attached hydrogens (tertiary/aromatic N) is 1. The molecule has 0 aliphatic rings. The zero-order chi connectivity index (χ0) is 12.4. The molecule has 0 aliphatic carbocycles. The topological polar surface area (TPSA) is 42.0 Å². The molecular weight excluding hydrogens is 300 g/mol. The number of aryl methyl sites for hydroxylation is 2. The van der Waals surface area contributed by atoms with E-state index in [0.717, 1.165) is 20.6 Å². The molecule has 17 heavy (non-hydrogen) atoms. The molecule has 1 N–H and O–H groups in total. The average molecular weight is 311 g/mol. The van der Waals surface area contributed by atoms with Crippen molar-refractivity contribution >= 4 is 39.1 Å². The average Bonchev–Trinajstić information content (AvgIpc) is 2.70. The van der Waals surface area contributed by atoms with E-state index in [9.17, 15) is 4.79 Å². The molecular formula is C12H11BrN2OS. The predicted octanol–water partition coefficient (Wildman–Crippen LogP) is 3.77. The highest BCUT2D eigenvalue weighted by atomic mass is 79.9. The normalized spacial score (nSPS) is 10.3. The van der Waals surface area contributed by atoms with Crippen LogP contribution in [0.25, 0.3) is 0 Å². The third-order valence-corrected chi connectivity index (χ3v) is 3.86. The van der Waals surface area contributed by atoms with Crippen molar-refractivity contribution in [1.29, 1.82) is 0 Å². The lowest BCUT2D eigenvalue weighted by Crippen LogP contribution is -2.12. The molecule has 0 radical (unpaired) electrons. The molecule has 1 aromatic heterocycles. The summed E-state index contributed by atoms with van der Waals surface area (Å²) in [5, 5.41) is 2.82. The predicted molar refractivity (Wildman–Crippen MR) is 73.7 cm³/mol. The van der Waals surface area contributed by atoms with Gasteiger partial charge in [-0.25, -0.2) is 0 Å². The van der Waals surface area contributed by atoms with Crippen molar-refractivity contribution in [2.24, 2.45) is 0 Å². The first-order chi connectivity index (χ1) is 8.06. The van der Waals surface area contributed by atoms with Gasteiger partial charge in [-0.3, -0.25) is 4.79 Å². The number of anilines is 1. The standard InChI is InChI=1S/C12H11BrN2OS/c1-7-5-9(3-4-10(7)13)14-12(16)11-6-8(2)17-15-11/h3-6H,1-2H3,(H,14,16). The number of carbonyl (C=O) groups excluding carboxylic acids is 1. The van der Waals surface area contributed by atoms with Crippen LogP contribution >= 0.6 is 27.5 Å². The lowest BCUT2D eigenvalue weighted by atomic mass is 10.2. The van der Waals surface area contributed by atoms with Crippen LogP contribution < -0.4 is 5.32 Å². The van der Waals surface area contributed by atoms with Crippen LogP contribution in [0, 0.1) is 13.8 Å². The molecule has 88 valence electrons. The van der Waals surface area contributed by atoms with Gasteiger partial charge in [-0.1, -0.05) is 15.9 Å². The molecule has 1 amide bonds. The highest BCUT2D eigenvalue weighted by Gasteiger charge is 2.09. The summed E-state index contributed by atoms with van der Waals surface area (Å²) in [6, 6.07) is 7.47. The van der Waals surface area contributed by atoms with E-state index < -0.39 is 0 Å². The molecule has 0 fully saturated rings. The quantitative estimate of drug-likeness (QED) is 0.917. The Morgan fingerprint density at radius 2 is 2.12 bits per heavy atom. The largest absolute Gasteiger partial charge is 0.321 e. The number of halogens is 1. The molecule has 1 heterocycles. The van der Waals surface area contributed by atoms with Crippen LogP contribution in [0.3, 0.4) is 0 Å². The van der Waals surface area contributed by atoms with Crippen LogP contribution in [-0.4, -0.2) is 10.3 Å². The Hall–Kier alpha value is -1.20. The second-order valence-electron chi connectivity index (χ2n) is 3.74. The summed E-state index contributed by atoms with van der Waals surface area (Å²) < 4.78 is 5.10. The summed E-state index contributed by atoms with van der Waals surface area (Å²) in [4.78, 5) is 12.9. The molecule has 3 nitrogen and oxygen atoms in total. The number of hydrogen-bond acceptors (Lipinski definition) is 3. The van der Waals surface area contributed by atoms with Gasteiger partial charge in [0.05, 0.1) is 0 Å². The molecule has 5 heteroatoms. The van der Waals surface area contributed by atoms with Gasteiger partial charge in [0, 0.05) is 15.0 Å². The molecule has 0 unspecified atom stereocenters. The minimum Gasteiger partial charge on any atom is -0.321 e. The third-order valence-electron chi connectivity index (χ3n) is 2.28. The lowest BCUT2D eigenvalue weighted by molar-refractivity contribution is 0.102. The summed E-state index contributed by atoms with van der Waals surface area (Å²) in [5.41, 5.74) is 2.33. The molecule has 2 aromatic rings. The highest BCUT2D eigenvalue weighted by molar-refractivity contribution is 9.10. The molecule has 0 saturated heterocycles. The Bertz CT molecular complexity index is 565. The summed E-state index contributed by atoms with van der Waals surface area (Å²) >= 11 is 4.75. The Morgan fingerprint density at radius 1 is 1.35 bits per heavy atom. The van der Waals surface area contributed by atoms with Gasteiger partial charge in [0.25, 0.3) is 5.91 Å². The van der Waals surface area contributed by atoms with Crippen LogP contribution in [0.4, 0.5) is 5.69 Å². The van der Waals surface area contributed by atoms with Crippen molar-refractivity contribution in [3.05, 3.63) is 44.9 Å². The number of hydrogen-bond donors (Lipinski definition) is 1. The van der Waals surface area contributed by atoms with E-state index in [1.54, 1.807) is 6.07 Å². The number of rotatable bonds is 2. The number of amides is 1. The van der Waals surface area contributed by atoms with Crippen molar-refractivity contribution in [2.75, 3.05) is 5.32 Å². The van der Waals surface area contributed by atoms with Crippen molar-refractivity contribution in [3.63, 3.8) is 0 Å². The van der Waals surface area contributed by atoms with Gasteiger partial charge in [0.1, 0.15) is 5.69 Å². The van der Waals surface area contributed by atoms with Gasteiger partial charge in [0.15, 0.2) is 0 Å². The Morgan fingerprint density at radius 3 is 2.71 bits per heavy atom. The molecule has 0 atom stereocenters. The summed E-state index contributed by atoms with van der Waals surface area (Å²) in [6.07, 6.45) is 0. The van der Waals surface area contributed by atoms with Crippen LogP contribution in [0.15, 0.2) is 28.7 Å². The van der Waals surface area contributed by atoms with Crippen molar-refractivity contribution in [2.45, 2.75) is 13.8 Å². The minimum absolute atomic E-state index is 0.170. The molecule has 1 aromatic carbocycles. The summed E-state index contributed by atoms with van der Waals surface area (Å²) in [6.45, 7) is 3.91. The van der Waals surface area contributed by atoms with E-state index in [1.165, 1.54) is 11.5 Å². The second kappa shape index (κ2) is 4.98. The summed E-state index contributed by atoms with van der Waals surface area (Å²) in [7, 11) is 0. The van der Waals surface area contributed by atoms with Crippen molar-refractivity contribution < 1.29 is 4.79 Å². The van der Waals surface area contributed by atoms with Gasteiger partial charge >= 0.3 is 0 Å². The smallest absolute Gasteiger partial charge is 0.275 e. The Kier molecular flexibility index (Phi) is 3.59. The fraction of sp³-hybridized carbons (Fsp3) is 0.167. The lowest BCUT2D eigenvalue weighted by Gasteiger charge is -2.05. The zero-order valence-corrected chi connectivity index (χ0v) is 11.9. The zero-order valence-electron chi connectivity index (χ0n) is 9.45. The fourth-order valence-electron chi connectivity index (χ4n) is 1.39. The molecule has 0 saturated carbocycles. The minimum atomic E-state index is -0.170. The maximum absolute atomic E-state index is 11.8. The Balaban J connectivity index is 2.15. The first-order valence-corrected chi connectivity index (χ1v) is 6.64. The number of nitrogens with one attached hydrogen (secondary N) is 1. The molecule has 0 spiro atoms. The van der Waals surface area contributed by atoms with E-state index in [-0.39, 0.29) is 5.91 Å². The SMILES string of the molecule is Cc1cc(C(=O)Nc2ccc(Br)c(C)c2)ns1. The highest BCUT2D eigenvalue weighted by Crippen LogP contribution is 2.20. The van der Waals surface area contributed by atoms with Crippen LogP contribution in [0.2, 0.25) is 0 Å². The first kappa shape index (κ1) is 12.3. The third kappa shape index (κ3) is 2.92. The second-order valence-corrected chi connectivity index (χ2v) is 5.60. The van der Waals surface area contributed by atoms with E-state index in [2.05, 4.69) is 25.6 Å². The van der Waals surface area contributed by atoms with E-state index >= 15 is 0 Å². The monoisotopic (exact) mass is 310 g/mol. The maximum Gasteiger partial charge on any atom is 0.275 e. The number of aromatic nitrogens is 1. The van der Waals surface area contributed by atoms with Gasteiger partial charge in [-0.15, -0.1) is 0 Å². The molecule has 0 aliphatic heterocycles. The van der Waals surface area contributed by atoms with E-state index in [4.69, 9.17) is 0 Å². The van der Waals surface area contributed by atoms with Crippen LogP contribution in [0.1, 0.15) is 20.9 Å². The van der Waals surface area contributed by atoms with Gasteiger partial charge in [0.2, 0.25) is 0 Å². The van der Waals surface area contributed by atoms with Gasteiger partial charge in [-0.2, -0.15) is 4.37 Å². The number of benzene rings is 1. The first-order valence-electron chi connectivity index (χ1n) is 5.07. The Labute approximate surface area is 112 Å². The van der Waals surface area contributed by atoms with Gasteiger partial charge in [-0.05, 0) is 55.2 Å². The van der Waals surface area contributed by atoms with E-state index in [0.29, 0.717) is 5.69 Å². The fourth-order valence-corrected chi connectivity index (χ4v) is 2.18. The van der Waals surface area contributed by atoms with Gasteiger partial charge < -0.3 is 5.32 Å². The maximum atomic E-state index is 11.8. The van der Waals surface area contributed by atoms with Crippen LogP contribution in [0.5, 0.6) is 0 Å². The van der Waals surface area contributed by atoms with Crippen molar-refractivity contribution in [3.8, 4) is 0 Å². The molecule has 2 rings (SSSR count). The molecule has 0 bridgehead atoms. The van der Waals surface area contributed by atoms with E-state index in [1.807, 2.05) is 32.0 Å². The van der Waals surface area contributed by atoms with Crippen LogP contribution in [-0.2, 0) is 0 Å². The number of carbonyl (C=O) groups is 1. The van der Waals surface area contributed by atoms with Crippen molar-refractivity contribution in [1.82, 2.24) is 4.37 Å².